The predicted molar refractivity (Wildman–Crippen MR) is 92.9 cm³/mol. The average Bonchev–Trinajstić information content (AvgIpc) is 2.87. The van der Waals surface area contributed by atoms with Crippen LogP contribution < -0.4 is 10.6 Å². The van der Waals surface area contributed by atoms with Crippen LogP contribution in [0, 0.1) is 19.8 Å². The second kappa shape index (κ2) is 9.06. The summed E-state index contributed by atoms with van der Waals surface area (Å²) in [5.74, 6) is 1.29. The highest BCUT2D eigenvalue weighted by atomic mass is 16.5. The van der Waals surface area contributed by atoms with Crippen molar-refractivity contribution >= 4 is 6.03 Å². The van der Waals surface area contributed by atoms with E-state index in [1.165, 1.54) is 19.3 Å². The summed E-state index contributed by atoms with van der Waals surface area (Å²) in [4.78, 5) is 12.3. The second-order valence-electron chi connectivity index (χ2n) is 7.04. The van der Waals surface area contributed by atoms with Gasteiger partial charge < -0.3 is 20.3 Å². The number of hydrogen-bond acceptors (Lipinski definition) is 4. The van der Waals surface area contributed by atoms with E-state index in [1.807, 2.05) is 20.8 Å². The zero-order valence-electron chi connectivity index (χ0n) is 15.1. The van der Waals surface area contributed by atoms with Gasteiger partial charge in [0.05, 0.1) is 5.69 Å². The third-order valence-corrected chi connectivity index (χ3v) is 5.04. The number of hydrogen-bond donors (Lipinski definition) is 3. The van der Waals surface area contributed by atoms with Crippen LogP contribution in [0.5, 0.6) is 0 Å². The lowest BCUT2D eigenvalue weighted by atomic mass is 9.83. The van der Waals surface area contributed by atoms with Gasteiger partial charge in [-0.25, -0.2) is 4.79 Å². The fourth-order valence-corrected chi connectivity index (χ4v) is 3.69. The van der Waals surface area contributed by atoms with Gasteiger partial charge in [-0.1, -0.05) is 24.4 Å². The van der Waals surface area contributed by atoms with E-state index in [1.54, 1.807) is 0 Å². The molecule has 6 nitrogen and oxygen atoms in total. The van der Waals surface area contributed by atoms with Crippen LogP contribution in [-0.4, -0.2) is 35.0 Å². The largest absolute Gasteiger partial charge is 0.396 e. The van der Waals surface area contributed by atoms with E-state index in [0.29, 0.717) is 18.8 Å². The lowest BCUT2D eigenvalue weighted by Crippen LogP contribution is -2.49. The molecule has 1 heterocycles. The third kappa shape index (κ3) is 5.23. The number of urea groups is 1. The fourth-order valence-electron chi connectivity index (χ4n) is 3.69. The van der Waals surface area contributed by atoms with Gasteiger partial charge in [0.2, 0.25) is 0 Å². The normalized spacial score (nSPS) is 18.2. The number of rotatable bonds is 7. The fraction of sp³-hybridized carbons (Fsp3) is 0.778. The summed E-state index contributed by atoms with van der Waals surface area (Å²) in [5, 5.41) is 19.3. The van der Waals surface area contributed by atoms with Crippen molar-refractivity contribution in [3.8, 4) is 0 Å². The molecule has 1 aromatic heterocycles. The summed E-state index contributed by atoms with van der Waals surface area (Å²) in [5.41, 5.74) is 1.93. The molecule has 0 spiro atoms. The standard InChI is InChI=1S/C18H31N3O3/c1-12(11-16-13(2)21-24-14(16)3)19-18(23)20-17(9-10-22)15-7-5-4-6-8-15/h12,15,17,22H,4-11H2,1-3H3,(H2,19,20,23)/t12-,17+/m1/s1. The maximum atomic E-state index is 12.3. The molecule has 1 saturated carbocycles. The summed E-state index contributed by atoms with van der Waals surface area (Å²) in [7, 11) is 0. The molecule has 1 fully saturated rings. The summed E-state index contributed by atoms with van der Waals surface area (Å²) < 4.78 is 5.17. The van der Waals surface area contributed by atoms with Gasteiger partial charge in [-0.15, -0.1) is 0 Å². The molecule has 24 heavy (non-hydrogen) atoms. The predicted octanol–water partition coefficient (Wildman–Crippen LogP) is 2.85. The Morgan fingerprint density at radius 2 is 2.00 bits per heavy atom. The van der Waals surface area contributed by atoms with Crippen molar-refractivity contribution < 1.29 is 14.4 Å². The SMILES string of the molecule is Cc1noc(C)c1C[C@@H](C)NC(=O)N[C@@H](CCO)C1CCCCC1. The van der Waals surface area contributed by atoms with Crippen LogP contribution in [0.4, 0.5) is 4.79 Å². The molecule has 1 aromatic rings. The van der Waals surface area contributed by atoms with Crippen molar-refractivity contribution in [2.24, 2.45) is 5.92 Å². The number of aryl methyl sites for hydroxylation is 2. The van der Waals surface area contributed by atoms with Crippen LogP contribution in [0.2, 0.25) is 0 Å². The number of amides is 2. The quantitative estimate of drug-likeness (QED) is 0.714. The van der Waals surface area contributed by atoms with E-state index in [0.717, 1.165) is 29.9 Å². The molecular formula is C18H31N3O3. The number of aromatic nitrogens is 1. The Labute approximate surface area is 144 Å². The molecule has 0 bridgehead atoms. The number of carbonyl (C=O) groups excluding carboxylic acids is 1. The first-order chi connectivity index (χ1) is 11.5. The highest BCUT2D eigenvalue weighted by Gasteiger charge is 2.25. The maximum Gasteiger partial charge on any atom is 0.315 e. The van der Waals surface area contributed by atoms with Gasteiger partial charge in [-0.2, -0.15) is 0 Å². The minimum Gasteiger partial charge on any atom is -0.396 e. The zero-order valence-corrected chi connectivity index (χ0v) is 15.1. The molecule has 136 valence electrons. The summed E-state index contributed by atoms with van der Waals surface area (Å²) in [6.45, 7) is 5.89. The van der Waals surface area contributed by atoms with Crippen LogP contribution in [0.3, 0.4) is 0 Å². The molecule has 6 heteroatoms. The molecule has 0 aromatic carbocycles. The Morgan fingerprint density at radius 3 is 2.58 bits per heavy atom. The monoisotopic (exact) mass is 337 g/mol. The molecule has 1 aliphatic carbocycles. The number of aliphatic hydroxyl groups is 1. The molecule has 0 unspecified atom stereocenters. The zero-order chi connectivity index (χ0) is 17.5. The lowest BCUT2D eigenvalue weighted by Gasteiger charge is -2.31. The number of carbonyl (C=O) groups is 1. The van der Waals surface area contributed by atoms with E-state index in [9.17, 15) is 9.90 Å². The van der Waals surface area contributed by atoms with Crippen molar-refractivity contribution in [3.05, 3.63) is 17.0 Å². The van der Waals surface area contributed by atoms with Gasteiger partial charge in [0.15, 0.2) is 0 Å². The van der Waals surface area contributed by atoms with Gasteiger partial charge in [0.1, 0.15) is 5.76 Å². The van der Waals surface area contributed by atoms with Gasteiger partial charge in [0.25, 0.3) is 0 Å². The van der Waals surface area contributed by atoms with Crippen LogP contribution in [-0.2, 0) is 6.42 Å². The molecule has 0 saturated heterocycles. The van der Waals surface area contributed by atoms with Crippen molar-refractivity contribution in [2.45, 2.75) is 77.8 Å². The van der Waals surface area contributed by atoms with E-state index in [2.05, 4.69) is 15.8 Å². The average molecular weight is 337 g/mol. The van der Waals surface area contributed by atoms with Crippen molar-refractivity contribution in [1.82, 2.24) is 15.8 Å². The number of nitrogens with one attached hydrogen (secondary N) is 2. The minimum absolute atomic E-state index is 0.0112. The van der Waals surface area contributed by atoms with Gasteiger partial charge in [-0.05, 0) is 52.4 Å². The molecular weight excluding hydrogens is 306 g/mol. The van der Waals surface area contributed by atoms with Gasteiger partial charge in [0, 0.05) is 24.3 Å². The second-order valence-corrected chi connectivity index (χ2v) is 7.04. The molecule has 1 aliphatic rings. The van der Waals surface area contributed by atoms with Crippen LogP contribution in [0.1, 0.15) is 62.5 Å². The first kappa shape index (κ1) is 18.8. The van der Waals surface area contributed by atoms with E-state index in [-0.39, 0.29) is 24.7 Å². The Balaban J connectivity index is 1.85. The Bertz CT molecular complexity index is 504. The van der Waals surface area contributed by atoms with Crippen LogP contribution in [0.15, 0.2) is 4.52 Å². The van der Waals surface area contributed by atoms with Crippen LogP contribution in [0.25, 0.3) is 0 Å². The molecule has 2 rings (SSSR count). The van der Waals surface area contributed by atoms with E-state index < -0.39 is 0 Å². The number of aliphatic hydroxyl groups excluding tert-OH is 1. The highest BCUT2D eigenvalue weighted by Crippen LogP contribution is 2.27. The maximum absolute atomic E-state index is 12.3. The molecule has 0 aliphatic heterocycles. The van der Waals surface area contributed by atoms with Crippen LogP contribution >= 0.6 is 0 Å². The van der Waals surface area contributed by atoms with E-state index >= 15 is 0 Å². The smallest absolute Gasteiger partial charge is 0.315 e. The summed E-state index contributed by atoms with van der Waals surface area (Å²) in [6.07, 6.45) is 7.32. The first-order valence-corrected chi connectivity index (χ1v) is 9.11. The van der Waals surface area contributed by atoms with Crippen molar-refractivity contribution in [3.63, 3.8) is 0 Å². The molecule has 2 amide bonds. The Kier molecular flexibility index (Phi) is 7.09. The highest BCUT2D eigenvalue weighted by molar-refractivity contribution is 5.74. The van der Waals surface area contributed by atoms with Crippen molar-refractivity contribution in [1.29, 1.82) is 0 Å². The minimum atomic E-state index is -0.154. The molecule has 3 N–H and O–H groups in total. The van der Waals surface area contributed by atoms with Gasteiger partial charge >= 0.3 is 6.03 Å². The molecule has 0 radical (unpaired) electrons. The molecule has 2 atom stereocenters. The number of nitrogens with zero attached hydrogens (tertiary/aromatic N) is 1. The summed E-state index contributed by atoms with van der Waals surface area (Å²) >= 11 is 0. The lowest BCUT2D eigenvalue weighted by molar-refractivity contribution is 0.195. The first-order valence-electron chi connectivity index (χ1n) is 9.11. The third-order valence-electron chi connectivity index (χ3n) is 5.04. The van der Waals surface area contributed by atoms with Gasteiger partial charge in [-0.3, -0.25) is 0 Å². The Morgan fingerprint density at radius 1 is 1.29 bits per heavy atom. The van der Waals surface area contributed by atoms with Crippen molar-refractivity contribution in [2.75, 3.05) is 6.61 Å². The Hall–Kier alpha value is -1.56. The summed E-state index contributed by atoms with van der Waals surface area (Å²) in [6, 6.07) is -0.109. The topological polar surface area (TPSA) is 87.4 Å². The van der Waals surface area contributed by atoms with E-state index in [4.69, 9.17) is 4.52 Å².